The Kier molecular flexibility index (Phi) is 5.47. The SMILES string of the molecule is CC(CNC(=O)CCN1C(=O)CCC1=O)CC(=O)O. The minimum atomic E-state index is -0.907. The molecule has 0 aliphatic carbocycles. The van der Waals surface area contributed by atoms with Crippen molar-refractivity contribution in [1.29, 1.82) is 0 Å². The van der Waals surface area contributed by atoms with Gasteiger partial charge in [0.2, 0.25) is 17.7 Å². The summed E-state index contributed by atoms with van der Waals surface area (Å²) < 4.78 is 0. The minimum Gasteiger partial charge on any atom is -0.481 e. The van der Waals surface area contributed by atoms with Crippen LogP contribution in [-0.2, 0) is 19.2 Å². The summed E-state index contributed by atoms with van der Waals surface area (Å²) >= 11 is 0. The Morgan fingerprint density at radius 3 is 2.42 bits per heavy atom. The number of likely N-dealkylation sites (tertiary alicyclic amines) is 1. The van der Waals surface area contributed by atoms with Crippen LogP contribution in [0.25, 0.3) is 0 Å². The van der Waals surface area contributed by atoms with Gasteiger partial charge in [0.05, 0.1) is 0 Å². The zero-order valence-electron chi connectivity index (χ0n) is 10.8. The second kappa shape index (κ2) is 6.86. The summed E-state index contributed by atoms with van der Waals surface area (Å²) in [7, 11) is 0. The maximum Gasteiger partial charge on any atom is 0.303 e. The molecule has 19 heavy (non-hydrogen) atoms. The highest BCUT2D eigenvalue weighted by molar-refractivity contribution is 6.02. The largest absolute Gasteiger partial charge is 0.481 e. The van der Waals surface area contributed by atoms with E-state index in [2.05, 4.69) is 5.32 Å². The molecule has 1 rings (SSSR count). The number of nitrogens with one attached hydrogen (secondary N) is 1. The van der Waals surface area contributed by atoms with Crippen molar-refractivity contribution in [3.63, 3.8) is 0 Å². The zero-order chi connectivity index (χ0) is 14.4. The molecule has 2 N–H and O–H groups in total. The molecular formula is C12H18N2O5. The van der Waals surface area contributed by atoms with Crippen LogP contribution in [0.15, 0.2) is 0 Å². The maximum atomic E-state index is 11.5. The highest BCUT2D eigenvalue weighted by Gasteiger charge is 2.28. The van der Waals surface area contributed by atoms with Crippen molar-refractivity contribution in [1.82, 2.24) is 10.2 Å². The highest BCUT2D eigenvalue weighted by Crippen LogP contribution is 2.11. The molecule has 1 atom stereocenters. The fourth-order valence-corrected chi connectivity index (χ4v) is 1.83. The second-order valence-electron chi connectivity index (χ2n) is 4.70. The first-order chi connectivity index (χ1) is 8.90. The molecule has 106 valence electrons. The number of imide groups is 1. The minimum absolute atomic E-state index is 0.0105. The first-order valence-electron chi connectivity index (χ1n) is 6.22. The van der Waals surface area contributed by atoms with Gasteiger partial charge < -0.3 is 10.4 Å². The molecular weight excluding hydrogens is 252 g/mol. The maximum absolute atomic E-state index is 11.5. The molecule has 1 aliphatic rings. The van der Waals surface area contributed by atoms with Gasteiger partial charge in [0, 0.05) is 38.8 Å². The van der Waals surface area contributed by atoms with Gasteiger partial charge in [-0.2, -0.15) is 0 Å². The molecule has 1 saturated heterocycles. The lowest BCUT2D eigenvalue weighted by atomic mass is 10.1. The normalized spacial score (nSPS) is 16.6. The lowest BCUT2D eigenvalue weighted by Crippen LogP contribution is -2.35. The first-order valence-corrected chi connectivity index (χ1v) is 6.22. The van der Waals surface area contributed by atoms with Crippen molar-refractivity contribution in [2.75, 3.05) is 13.1 Å². The summed E-state index contributed by atoms with van der Waals surface area (Å²) in [6.07, 6.45) is 0.479. The van der Waals surface area contributed by atoms with E-state index in [4.69, 9.17) is 5.11 Å². The zero-order valence-corrected chi connectivity index (χ0v) is 10.8. The predicted octanol–water partition coefficient (Wildman–Crippen LogP) is -0.247. The lowest BCUT2D eigenvalue weighted by molar-refractivity contribution is -0.140. The Hall–Kier alpha value is -1.92. The predicted molar refractivity (Wildman–Crippen MR) is 65.0 cm³/mol. The highest BCUT2D eigenvalue weighted by atomic mass is 16.4. The Labute approximate surface area is 110 Å². The van der Waals surface area contributed by atoms with E-state index in [-0.39, 0.29) is 62.4 Å². The molecule has 7 nitrogen and oxygen atoms in total. The van der Waals surface area contributed by atoms with Gasteiger partial charge in [0.15, 0.2) is 0 Å². The van der Waals surface area contributed by atoms with E-state index in [1.807, 2.05) is 0 Å². The van der Waals surface area contributed by atoms with Gasteiger partial charge in [-0.25, -0.2) is 0 Å². The molecule has 1 fully saturated rings. The molecule has 0 aromatic heterocycles. The van der Waals surface area contributed by atoms with Crippen LogP contribution >= 0.6 is 0 Å². The number of carboxylic acid groups (broad SMARTS) is 1. The summed E-state index contributed by atoms with van der Waals surface area (Å²) in [6.45, 7) is 2.09. The van der Waals surface area contributed by atoms with Gasteiger partial charge in [0.1, 0.15) is 0 Å². The molecule has 0 bridgehead atoms. The van der Waals surface area contributed by atoms with Crippen LogP contribution in [0, 0.1) is 5.92 Å². The Balaban J connectivity index is 2.23. The molecule has 1 heterocycles. The van der Waals surface area contributed by atoms with E-state index >= 15 is 0 Å². The van der Waals surface area contributed by atoms with Gasteiger partial charge in [-0.15, -0.1) is 0 Å². The van der Waals surface area contributed by atoms with E-state index < -0.39 is 5.97 Å². The summed E-state index contributed by atoms with van der Waals surface area (Å²) in [5.41, 5.74) is 0. The van der Waals surface area contributed by atoms with Crippen molar-refractivity contribution in [2.45, 2.75) is 32.6 Å². The molecule has 0 spiro atoms. The summed E-state index contributed by atoms with van der Waals surface area (Å²) in [6, 6.07) is 0. The number of carboxylic acids is 1. The number of nitrogens with zero attached hydrogens (tertiary/aromatic N) is 1. The lowest BCUT2D eigenvalue weighted by Gasteiger charge is -2.14. The molecule has 1 aliphatic heterocycles. The van der Waals surface area contributed by atoms with Crippen molar-refractivity contribution in [3.05, 3.63) is 0 Å². The van der Waals surface area contributed by atoms with Crippen molar-refractivity contribution in [2.24, 2.45) is 5.92 Å². The number of aliphatic carboxylic acids is 1. The van der Waals surface area contributed by atoms with Crippen molar-refractivity contribution in [3.8, 4) is 0 Å². The monoisotopic (exact) mass is 270 g/mol. The summed E-state index contributed by atoms with van der Waals surface area (Å²) in [5.74, 6) is -1.83. The van der Waals surface area contributed by atoms with Crippen molar-refractivity contribution >= 4 is 23.7 Å². The number of carbonyl (C=O) groups is 4. The standard InChI is InChI=1S/C12H18N2O5/c1-8(6-12(18)19)7-13-9(15)4-5-14-10(16)2-3-11(14)17/h8H,2-7H2,1H3,(H,13,15)(H,18,19). The molecule has 7 heteroatoms. The van der Waals surface area contributed by atoms with E-state index in [9.17, 15) is 19.2 Å². The van der Waals surface area contributed by atoms with Crippen molar-refractivity contribution < 1.29 is 24.3 Å². The average Bonchev–Trinajstić information content (AvgIpc) is 2.63. The topological polar surface area (TPSA) is 104 Å². The van der Waals surface area contributed by atoms with Crippen LogP contribution < -0.4 is 5.32 Å². The van der Waals surface area contributed by atoms with E-state index in [1.165, 1.54) is 0 Å². The van der Waals surface area contributed by atoms with Crippen LogP contribution in [0.4, 0.5) is 0 Å². The van der Waals surface area contributed by atoms with Gasteiger partial charge >= 0.3 is 5.97 Å². The molecule has 0 radical (unpaired) electrons. The molecule has 1 unspecified atom stereocenters. The van der Waals surface area contributed by atoms with Gasteiger partial charge in [-0.1, -0.05) is 6.92 Å². The first kappa shape index (κ1) is 15.1. The molecule has 0 aromatic carbocycles. The number of carbonyl (C=O) groups excluding carboxylic acids is 3. The molecule has 0 saturated carbocycles. The van der Waals surface area contributed by atoms with Gasteiger partial charge in [0.25, 0.3) is 0 Å². The Morgan fingerprint density at radius 1 is 1.32 bits per heavy atom. The van der Waals surface area contributed by atoms with Crippen LogP contribution in [0.2, 0.25) is 0 Å². The van der Waals surface area contributed by atoms with Gasteiger partial charge in [-0.3, -0.25) is 24.1 Å². The van der Waals surface area contributed by atoms with E-state index in [0.717, 1.165) is 4.90 Å². The fraction of sp³-hybridized carbons (Fsp3) is 0.667. The van der Waals surface area contributed by atoms with Crippen LogP contribution in [0.3, 0.4) is 0 Å². The number of hydrogen-bond acceptors (Lipinski definition) is 4. The third-order valence-electron chi connectivity index (χ3n) is 2.89. The molecule has 3 amide bonds. The second-order valence-corrected chi connectivity index (χ2v) is 4.70. The molecule has 0 aromatic rings. The third kappa shape index (κ3) is 5.07. The fourth-order valence-electron chi connectivity index (χ4n) is 1.83. The summed E-state index contributed by atoms with van der Waals surface area (Å²) in [5, 5.41) is 11.1. The van der Waals surface area contributed by atoms with Crippen LogP contribution in [0.5, 0.6) is 0 Å². The van der Waals surface area contributed by atoms with Crippen LogP contribution in [-0.4, -0.2) is 46.8 Å². The smallest absolute Gasteiger partial charge is 0.303 e. The van der Waals surface area contributed by atoms with E-state index in [1.54, 1.807) is 6.92 Å². The third-order valence-corrected chi connectivity index (χ3v) is 2.89. The number of rotatable bonds is 7. The van der Waals surface area contributed by atoms with Gasteiger partial charge in [-0.05, 0) is 5.92 Å². The summed E-state index contributed by atoms with van der Waals surface area (Å²) in [4.78, 5) is 45.6. The number of amides is 3. The quantitative estimate of drug-likeness (QED) is 0.621. The number of hydrogen-bond donors (Lipinski definition) is 2. The average molecular weight is 270 g/mol. The van der Waals surface area contributed by atoms with E-state index in [0.29, 0.717) is 0 Å². The Morgan fingerprint density at radius 2 is 1.89 bits per heavy atom. The Bertz CT molecular complexity index is 378. The van der Waals surface area contributed by atoms with Crippen LogP contribution in [0.1, 0.15) is 32.6 Å².